The molecule has 1 aromatic heterocycles. The van der Waals surface area contributed by atoms with Gasteiger partial charge in [-0.15, -0.1) is 0 Å². The number of aryl methyl sites for hydroxylation is 1. The van der Waals surface area contributed by atoms with Crippen LogP contribution in [-0.2, 0) is 9.84 Å². The summed E-state index contributed by atoms with van der Waals surface area (Å²) in [5, 5.41) is 7.55. The molecule has 5 rings (SSSR count). The fourth-order valence-corrected chi connectivity index (χ4v) is 7.56. The number of aromatic nitrogens is 2. The molecule has 0 bridgehead atoms. The monoisotopic (exact) mass is 601 g/mol. The number of para-hydroxylation sites is 2. The molecule has 0 amide bonds. The number of sulfone groups is 1. The summed E-state index contributed by atoms with van der Waals surface area (Å²) in [6.45, 7) is 12.2. The number of fused-ring (bicyclic) bond motifs is 1. The lowest BCUT2D eigenvalue weighted by atomic mass is 9.86. The molecule has 43 heavy (non-hydrogen) atoms. The molecule has 2 N–H and O–H groups in total. The van der Waals surface area contributed by atoms with Gasteiger partial charge in [-0.2, -0.15) is 4.98 Å². The Kier molecular flexibility index (Phi) is 9.22. The SMILES string of the molecule is Cc1cc(Nc2nc(Nc3ccccc3S(=O)(=O)CC(C)C)c3ccccc3n2)c(OC(C)C)cc1C1CCN(C)CC1. The van der Waals surface area contributed by atoms with Gasteiger partial charge in [0.15, 0.2) is 9.84 Å². The van der Waals surface area contributed by atoms with Crippen LogP contribution in [0.2, 0.25) is 0 Å². The summed E-state index contributed by atoms with van der Waals surface area (Å²) in [6, 6.07) is 19.0. The number of nitrogens with one attached hydrogen (secondary N) is 2. The minimum absolute atomic E-state index is 0.00490. The first kappa shape index (κ1) is 30.8. The van der Waals surface area contributed by atoms with Crippen molar-refractivity contribution < 1.29 is 13.2 Å². The third kappa shape index (κ3) is 7.28. The van der Waals surface area contributed by atoms with Gasteiger partial charge in [-0.25, -0.2) is 13.4 Å². The van der Waals surface area contributed by atoms with E-state index in [9.17, 15) is 8.42 Å². The molecule has 3 aromatic carbocycles. The minimum Gasteiger partial charge on any atom is -0.489 e. The van der Waals surface area contributed by atoms with Crippen LogP contribution in [-0.4, -0.2) is 55.3 Å². The third-order valence-electron chi connectivity index (χ3n) is 7.77. The topological polar surface area (TPSA) is 96.5 Å². The van der Waals surface area contributed by atoms with E-state index in [4.69, 9.17) is 14.7 Å². The van der Waals surface area contributed by atoms with Gasteiger partial charge in [0.2, 0.25) is 5.95 Å². The highest BCUT2D eigenvalue weighted by Gasteiger charge is 2.24. The highest BCUT2D eigenvalue weighted by molar-refractivity contribution is 7.91. The maximum absolute atomic E-state index is 13.2. The molecule has 1 fully saturated rings. The van der Waals surface area contributed by atoms with Crippen molar-refractivity contribution in [1.82, 2.24) is 14.9 Å². The summed E-state index contributed by atoms with van der Waals surface area (Å²) in [7, 11) is -1.32. The molecular formula is C34H43N5O3S. The molecule has 9 heteroatoms. The van der Waals surface area contributed by atoms with E-state index in [0.29, 0.717) is 23.4 Å². The maximum Gasteiger partial charge on any atom is 0.229 e. The molecule has 0 radical (unpaired) electrons. The van der Waals surface area contributed by atoms with E-state index in [1.807, 2.05) is 58.0 Å². The van der Waals surface area contributed by atoms with Crippen LogP contribution in [0.1, 0.15) is 57.6 Å². The van der Waals surface area contributed by atoms with Crippen molar-refractivity contribution in [2.45, 2.75) is 64.4 Å². The first-order valence-corrected chi connectivity index (χ1v) is 16.8. The van der Waals surface area contributed by atoms with Gasteiger partial charge >= 0.3 is 0 Å². The van der Waals surface area contributed by atoms with E-state index in [-0.39, 0.29) is 22.7 Å². The van der Waals surface area contributed by atoms with E-state index in [1.165, 1.54) is 11.1 Å². The van der Waals surface area contributed by atoms with Crippen LogP contribution in [0.5, 0.6) is 5.75 Å². The molecule has 0 aliphatic carbocycles. The van der Waals surface area contributed by atoms with E-state index in [0.717, 1.165) is 48.3 Å². The normalized spacial score (nSPS) is 14.9. The van der Waals surface area contributed by atoms with Crippen LogP contribution in [0.25, 0.3) is 10.9 Å². The summed E-state index contributed by atoms with van der Waals surface area (Å²) >= 11 is 0. The molecule has 0 unspecified atom stereocenters. The first-order chi connectivity index (χ1) is 20.5. The van der Waals surface area contributed by atoms with Crippen LogP contribution < -0.4 is 15.4 Å². The van der Waals surface area contributed by atoms with E-state index in [2.05, 4.69) is 41.6 Å². The summed E-state index contributed by atoms with van der Waals surface area (Å²) in [4.78, 5) is 12.3. The van der Waals surface area contributed by atoms with Gasteiger partial charge < -0.3 is 20.3 Å². The molecule has 2 heterocycles. The number of nitrogens with zero attached hydrogens (tertiary/aromatic N) is 3. The van der Waals surface area contributed by atoms with Crippen LogP contribution in [0.3, 0.4) is 0 Å². The Morgan fingerprint density at radius 3 is 2.35 bits per heavy atom. The summed E-state index contributed by atoms with van der Waals surface area (Å²) in [5.41, 5.74) is 4.55. The van der Waals surface area contributed by atoms with Gasteiger partial charge in [-0.3, -0.25) is 0 Å². The highest BCUT2D eigenvalue weighted by Crippen LogP contribution is 2.38. The van der Waals surface area contributed by atoms with Gasteiger partial charge in [-0.05, 0) is 113 Å². The molecule has 8 nitrogen and oxygen atoms in total. The van der Waals surface area contributed by atoms with E-state index >= 15 is 0 Å². The maximum atomic E-state index is 13.2. The average Bonchev–Trinajstić information content (AvgIpc) is 2.94. The van der Waals surface area contributed by atoms with Crippen molar-refractivity contribution in [1.29, 1.82) is 0 Å². The highest BCUT2D eigenvalue weighted by atomic mass is 32.2. The Hall–Kier alpha value is -3.69. The smallest absolute Gasteiger partial charge is 0.229 e. The molecule has 1 aliphatic heterocycles. The number of hydrogen-bond donors (Lipinski definition) is 2. The van der Waals surface area contributed by atoms with Gasteiger partial charge in [0.05, 0.1) is 33.6 Å². The van der Waals surface area contributed by atoms with Gasteiger partial charge in [0, 0.05) is 5.39 Å². The average molecular weight is 602 g/mol. The van der Waals surface area contributed by atoms with Gasteiger partial charge in [0.1, 0.15) is 11.6 Å². The first-order valence-electron chi connectivity index (χ1n) is 15.1. The molecule has 4 aromatic rings. The molecule has 0 atom stereocenters. The number of benzene rings is 3. The number of hydrogen-bond acceptors (Lipinski definition) is 8. The summed E-state index contributed by atoms with van der Waals surface area (Å²) < 4.78 is 32.8. The minimum atomic E-state index is -3.50. The fourth-order valence-electron chi connectivity index (χ4n) is 5.76. The zero-order valence-electron chi connectivity index (χ0n) is 26.0. The Bertz CT molecular complexity index is 1700. The van der Waals surface area contributed by atoms with Crippen molar-refractivity contribution in [2.75, 3.05) is 36.5 Å². The largest absolute Gasteiger partial charge is 0.489 e. The Balaban J connectivity index is 1.53. The number of piperidine rings is 1. The van der Waals surface area contributed by atoms with Crippen LogP contribution >= 0.6 is 0 Å². The summed E-state index contributed by atoms with van der Waals surface area (Å²) in [5.74, 6) is 2.25. The van der Waals surface area contributed by atoms with Crippen molar-refractivity contribution in [3.63, 3.8) is 0 Å². The Labute approximate surface area is 255 Å². The van der Waals surface area contributed by atoms with Crippen molar-refractivity contribution >= 4 is 43.9 Å². The van der Waals surface area contributed by atoms with Crippen LogP contribution in [0.15, 0.2) is 65.6 Å². The molecule has 1 aliphatic rings. The van der Waals surface area contributed by atoms with Gasteiger partial charge in [0.25, 0.3) is 0 Å². The molecular weight excluding hydrogens is 558 g/mol. The fraction of sp³-hybridized carbons (Fsp3) is 0.412. The predicted molar refractivity (Wildman–Crippen MR) is 176 cm³/mol. The van der Waals surface area contributed by atoms with Crippen molar-refractivity contribution in [2.24, 2.45) is 5.92 Å². The molecule has 0 spiro atoms. The quantitative estimate of drug-likeness (QED) is 0.193. The Morgan fingerprint density at radius 1 is 0.930 bits per heavy atom. The third-order valence-corrected chi connectivity index (χ3v) is 9.90. The second-order valence-corrected chi connectivity index (χ2v) is 14.3. The number of rotatable bonds is 10. The second kappa shape index (κ2) is 12.9. The standard InChI is InChI=1S/C34H43N5O3S/c1-22(2)21-43(40,41)32-14-10-9-13-29(32)35-33-26-11-7-8-12-28(26)36-34(38-33)37-30-19-24(5)27(20-31(30)42-23(3)4)25-15-17-39(6)18-16-25/h7-14,19-20,22-23,25H,15-18,21H2,1-6H3,(H2,35,36,37,38). The van der Waals surface area contributed by atoms with Crippen LogP contribution in [0, 0.1) is 12.8 Å². The van der Waals surface area contributed by atoms with E-state index in [1.54, 1.807) is 18.2 Å². The lowest BCUT2D eigenvalue weighted by molar-refractivity contribution is 0.241. The number of ether oxygens (including phenoxy) is 1. The van der Waals surface area contributed by atoms with Crippen LogP contribution in [0.4, 0.5) is 23.1 Å². The number of likely N-dealkylation sites (tertiary alicyclic amines) is 1. The molecule has 228 valence electrons. The lowest BCUT2D eigenvalue weighted by Crippen LogP contribution is -2.29. The zero-order chi connectivity index (χ0) is 30.7. The predicted octanol–water partition coefficient (Wildman–Crippen LogP) is 7.45. The lowest BCUT2D eigenvalue weighted by Gasteiger charge is -2.30. The second-order valence-electron chi connectivity index (χ2n) is 12.3. The van der Waals surface area contributed by atoms with E-state index < -0.39 is 9.84 Å². The molecule has 1 saturated heterocycles. The summed E-state index contributed by atoms with van der Waals surface area (Å²) in [6.07, 6.45) is 2.25. The van der Waals surface area contributed by atoms with Gasteiger partial charge in [-0.1, -0.05) is 38.1 Å². The Morgan fingerprint density at radius 2 is 1.63 bits per heavy atom. The van der Waals surface area contributed by atoms with Crippen molar-refractivity contribution in [3.05, 3.63) is 71.8 Å². The number of anilines is 4. The zero-order valence-corrected chi connectivity index (χ0v) is 26.8. The molecule has 0 saturated carbocycles. The van der Waals surface area contributed by atoms with Crippen molar-refractivity contribution in [3.8, 4) is 5.75 Å².